The Labute approximate surface area is 126 Å². The normalized spacial score (nSPS) is 13.1. The van der Waals surface area contributed by atoms with Crippen LogP contribution in [0.5, 0.6) is 0 Å². The lowest BCUT2D eigenvalue weighted by Crippen LogP contribution is -2.44. The molecule has 0 aliphatic rings. The molecule has 0 saturated heterocycles. The van der Waals surface area contributed by atoms with E-state index in [9.17, 15) is 13.2 Å². The van der Waals surface area contributed by atoms with Gasteiger partial charge in [0.15, 0.2) is 0 Å². The van der Waals surface area contributed by atoms with Gasteiger partial charge in [-0.15, -0.1) is 0 Å². The second-order valence-electron chi connectivity index (χ2n) is 4.67. The summed E-state index contributed by atoms with van der Waals surface area (Å²) in [5, 5.41) is 2.70. The third kappa shape index (κ3) is 5.11. The van der Waals surface area contributed by atoms with Crippen molar-refractivity contribution in [2.75, 3.05) is 26.8 Å². The zero-order valence-corrected chi connectivity index (χ0v) is 13.4. The predicted molar refractivity (Wildman–Crippen MR) is 80.4 cm³/mol. The number of hydrogen-bond acceptors (Lipinski definition) is 4. The van der Waals surface area contributed by atoms with Crippen LogP contribution < -0.4 is 5.32 Å². The van der Waals surface area contributed by atoms with E-state index >= 15 is 0 Å². The molecule has 0 radical (unpaired) electrons. The summed E-state index contributed by atoms with van der Waals surface area (Å²) in [5.41, 5.74) is 0. The van der Waals surface area contributed by atoms with Gasteiger partial charge in [0, 0.05) is 19.7 Å². The van der Waals surface area contributed by atoms with Crippen LogP contribution in [0.15, 0.2) is 35.2 Å². The lowest BCUT2D eigenvalue weighted by atomic mass is 10.3. The molecule has 1 rings (SSSR count). The molecule has 1 aromatic carbocycles. The predicted octanol–water partition coefficient (Wildman–Crippen LogP) is 0.848. The van der Waals surface area contributed by atoms with E-state index in [1.165, 1.54) is 12.1 Å². The maximum absolute atomic E-state index is 12.4. The molecule has 0 aliphatic heterocycles. The van der Waals surface area contributed by atoms with Crippen molar-refractivity contribution in [1.82, 2.24) is 9.62 Å². The molecule has 1 aromatic rings. The number of carbonyl (C=O) groups excluding carboxylic acids is 1. The van der Waals surface area contributed by atoms with E-state index in [-0.39, 0.29) is 29.9 Å². The summed E-state index contributed by atoms with van der Waals surface area (Å²) >= 11 is 0. The SMILES string of the molecule is CCN(CC(=O)N[C@@H](C)COC)S(=O)(=O)c1ccccc1. The standard InChI is InChI=1S/C14H22N2O4S/c1-4-16(10-14(17)15-12(2)11-20-3)21(18,19)13-8-6-5-7-9-13/h5-9,12H,4,10-11H2,1-3H3,(H,15,17)/t12-/m0/s1. The van der Waals surface area contributed by atoms with Gasteiger partial charge in [-0.2, -0.15) is 4.31 Å². The van der Waals surface area contributed by atoms with Crippen molar-refractivity contribution in [3.8, 4) is 0 Å². The van der Waals surface area contributed by atoms with Crippen molar-refractivity contribution >= 4 is 15.9 Å². The molecule has 0 aromatic heterocycles. The van der Waals surface area contributed by atoms with Crippen LogP contribution >= 0.6 is 0 Å². The average Bonchev–Trinajstić information content (AvgIpc) is 2.45. The third-order valence-corrected chi connectivity index (χ3v) is 4.81. The molecule has 0 saturated carbocycles. The highest BCUT2D eigenvalue weighted by Crippen LogP contribution is 2.14. The zero-order chi connectivity index (χ0) is 15.9. The molecule has 6 nitrogen and oxygen atoms in total. The number of hydrogen-bond donors (Lipinski definition) is 1. The van der Waals surface area contributed by atoms with Crippen LogP contribution in [0.1, 0.15) is 13.8 Å². The number of carbonyl (C=O) groups is 1. The highest BCUT2D eigenvalue weighted by molar-refractivity contribution is 7.89. The summed E-state index contributed by atoms with van der Waals surface area (Å²) in [6.07, 6.45) is 0. The molecule has 0 fully saturated rings. The smallest absolute Gasteiger partial charge is 0.243 e. The first kappa shape index (κ1) is 17.6. The Morgan fingerprint density at radius 3 is 2.48 bits per heavy atom. The molecule has 21 heavy (non-hydrogen) atoms. The number of methoxy groups -OCH3 is 1. The molecule has 0 heterocycles. The van der Waals surface area contributed by atoms with E-state index in [1.807, 2.05) is 0 Å². The zero-order valence-electron chi connectivity index (χ0n) is 12.6. The first-order valence-corrected chi connectivity index (χ1v) is 8.19. The number of nitrogens with zero attached hydrogens (tertiary/aromatic N) is 1. The van der Waals surface area contributed by atoms with Crippen molar-refractivity contribution in [2.24, 2.45) is 0 Å². The van der Waals surface area contributed by atoms with Gasteiger partial charge in [0.2, 0.25) is 15.9 Å². The fraction of sp³-hybridized carbons (Fsp3) is 0.500. The number of likely N-dealkylation sites (N-methyl/N-ethyl adjacent to an activating group) is 1. The van der Waals surface area contributed by atoms with Gasteiger partial charge in [-0.05, 0) is 19.1 Å². The van der Waals surface area contributed by atoms with Crippen LogP contribution in [0.25, 0.3) is 0 Å². The molecular weight excluding hydrogens is 292 g/mol. The lowest BCUT2D eigenvalue weighted by Gasteiger charge is -2.21. The van der Waals surface area contributed by atoms with Gasteiger partial charge in [0.1, 0.15) is 0 Å². The first-order chi connectivity index (χ1) is 9.91. The highest BCUT2D eigenvalue weighted by Gasteiger charge is 2.25. The van der Waals surface area contributed by atoms with Crippen LogP contribution in [0.4, 0.5) is 0 Å². The number of amides is 1. The minimum Gasteiger partial charge on any atom is -0.383 e. The number of ether oxygens (including phenoxy) is 1. The quantitative estimate of drug-likeness (QED) is 0.772. The molecular formula is C14H22N2O4S. The van der Waals surface area contributed by atoms with Crippen molar-refractivity contribution in [3.05, 3.63) is 30.3 Å². The average molecular weight is 314 g/mol. The number of rotatable bonds is 8. The van der Waals surface area contributed by atoms with Crippen LogP contribution in [0.3, 0.4) is 0 Å². The van der Waals surface area contributed by atoms with Gasteiger partial charge in [0.25, 0.3) is 0 Å². The number of sulfonamides is 1. The van der Waals surface area contributed by atoms with Crippen LogP contribution in [-0.2, 0) is 19.6 Å². The minimum atomic E-state index is -3.65. The molecule has 0 bridgehead atoms. The Morgan fingerprint density at radius 2 is 1.95 bits per heavy atom. The van der Waals surface area contributed by atoms with E-state index < -0.39 is 10.0 Å². The Hall–Kier alpha value is -1.44. The third-order valence-electron chi connectivity index (χ3n) is 2.88. The number of benzene rings is 1. The van der Waals surface area contributed by atoms with Crippen LogP contribution in [-0.4, -0.2) is 51.5 Å². The van der Waals surface area contributed by atoms with E-state index in [4.69, 9.17) is 4.74 Å². The highest BCUT2D eigenvalue weighted by atomic mass is 32.2. The lowest BCUT2D eigenvalue weighted by molar-refractivity contribution is -0.122. The van der Waals surface area contributed by atoms with E-state index in [1.54, 1.807) is 39.2 Å². The second kappa shape index (κ2) is 8.11. The number of nitrogens with one attached hydrogen (secondary N) is 1. The van der Waals surface area contributed by atoms with Crippen molar-refractivity contribution < 1.29 is 17.9 Å². The Kier molecular flexibility index (Phi) is 6.80. The van der Waals surface area contributed by atoms with Crippen molar-refractivity contribution in [1.29, 1.82) is 0 Å². The van der Waals surface area contributed by atoms with E-state index in [0.717, 1.165) is 4.31 Å². The minimum absolute atomic E-state index is 0.166. The van der Waals surface area contributed by atoms with E-state index in [2.05, 4.69) is 5.32 Å². The van der Waals surface area contributed by atoms with Crippen molar-refractivity contribution in [3.63, 3.8) is 0 Å². The van der Waals surface area contributed by atoms with Crippen LogP contribution in [0.2, 0.25) is 0 Å². The van der Waals surface area contributed by atoms with Gasteiger partial charge in [-0.3, -0.25) is 4.79 Å². The molecule has 118 valence electrons. The molecule has 0 spiro atoms. The first-order valence-electron chi connectivity index (χ1n) is 6.75. The van der Waals surface area contributed by atoms with E-state index in [0.29, 0.717) is 6.61 Å². The van der Waals surface area contributed by atoms with Gasteiger partial charge >= 0.3 is 0 Å². The largest absolute Gasteiger partial charge is 0.383 e. The van der Waals surface area contributed by atoms with Gasteiger partial charge in [-0.1, -0.05) is 25.1 Å². The maximum atomic E-state index is 12.4. The summed E-state index contributed by atoms with van der Waals surface area (Å²) in [6, 6.07) is 7.92. The molecule has 0 aliphatic carbocycles. The monoisotopic (exact) mass is 314 g/mol. The maximum Gasteiger partial charge on any atom is 0.243 e. The summed E-state index contributed by atoms with van der Waals surface area (Å²) < 4.78 is 30.9. The molecule has 0 unspecified atom stereocenters. The Bertz CT molecular complexity index is 545. The fourth-order valence-electron chi connectivity index (χ4n) is 1.88. The van der Waals surface area contributed by atoms with Gasteiger partial charge < -0.3 is 10.1 Å². The Balaban J connectivity index is 2.77. The summed E-state index contributed by atoms with van der Waals surface area (Å²) in [6.45, 7) is 3.89. The van der Waals surface area contributed by atoms with Gasteiger partial charge in [-0.25, -0.2) is 8.42 Å². The molecule has 1 N–H and O–H groups in total. The topological polar surface area (TPSA) is 75.7 Å². The second-order valence-corrected chi connectivity index (χ2v) is 6.61. The molecule has 7 heteroatoms. The summed E-state index contributed by atoms with van der Waals surface area (Å²) in [4.78, 5) is 12.1. The Morgan fingerprint density at radius 1 is 1.33 bits per heavy atom. The molecule has 1 atom stereocenters. The van der Waals surface area contributed by atoms with Crippen LogP contribution in [0, 0.1) is 0 Å². The summed E-state index contributed by atoms with van der Waals surface area (Å²) in [7, 11) is -2.11. The van der Waals surface area contributed by atoms with Crippen molar-refractivity contribution in [2.45, 2.75) is 24.8 Å². The summed E-state index contributed by atoms with van der Waals surface area (Å²) in [5.74, 6) is -0.346. The molecule has 1 amide bonds. The van der Waals surface area contributed by atoms with Gasteiger partial charge in [0.05, 0.1) is 18.0 Å². The fourth-order valence-corrected chi connectivity index (χ4v) is 3.31.